The molecule has 1 aliphatic carbocycles. The topological polar surface area (TPSA) is 45.2 Å². The summed E-state index contributed by atoms with van der Waals surface area (Å²) < 4.78 is 0. The third-order valence-electron chi connectivity index (χ3n) is 3.69. The van der Waals surface area contributed by atoms with Crippen molar-refractivity contribution in [3.05, 3.63) is 16.1 Å². The maximum atomic E-state index is 9.59. The second-order valence-corrected chi connectivity index (χ2v) is 6.51. The van der Waals surface area contributed by atoms with Crippen LogP contribution in [0.25, 0.3) is 0 Å². The minimum absolute atomic E-state index is 0.130. The molecule has 4 heteroatoms. The quantitative estimate of drug-likeness (QED) is 0.848. The minimum atomic E-state index is 0.130. The highest BCUT2D eigenvalue weighted by Crippen LogP contribution is 2.35. The van der Waals surface area contributed by atoms with Crippen molar-refractivity contribution in [3.63, 3.8) is 0 Å². The fourth-order valence-electron chi connectivity index (χ4n) is 2.61. The Hall–Kier alpha value is -0.450. The molecule has 17 heavy (non-hydrogen) atoms. The van der Waals surface area contributed by atoms with Crippen molar-refractivity contribution in [2.24, 2.45) is 5.41 Å². The Balaban J connectivity index is 1.79. The van der Waals surface area contributed by atoms with Crippen LogP contribution in [0.2, 0.25) is 0 Å². The molecule has 2 rings (SSSR count). The molecule has 1 heterocycles. The van der Waals surface area contributed by atoms with Crippen LogP contribution in [-0.2, 0) is 6.54 Å². The van der Waals surface area contributed by atoms with Gasteiger partial charge >= 0.3 is 0 Å². The van der Waals surface area contributed by atoms with Gasteiger partial charge in [-0.25, -0.2) is 4.98 Å². The van der Waals surface area contributed by atoms with E-state index < -0.39 is 0 Å². The predicted octanol–water partition coefficient (Wildman–Crippen LogP) is 2.48. The number of hydrogen-bond acceptors (Lipinski definition) is 4. The number of aliphatic hydroxyl groups excluding tert-OH is 1. The van der Waals surface area contributed by atoms with Crippen molar-refractivity contribution in [1.82, 2.24) is 10.3 Å². The molecule has 1 saturated carbocycles. The molecule has 1 fully saturated rings. The van der Waals surface area contributed by atoms with Gasteiger partial charge in [-0.1, -0.05) is 19.3 Å². The average Bonchev–Trinajstić information content (AvgIpc) is 2.76. The van der Waals surface area contributed by atoms with Gasteiger partial charge in [-0.05, 0) is 19.8 Å². The van der Waals surface area contributed by atoms with E-state index in [-0.39, 0.29) is 5.41 Å². The van der Waals surface area contributed by atoms with Gasteiger partial charge in [0.2, 0.25) is 0 Å². The van der Waals surface area contributed by atoms with Gasteiger partial charge in [0.05, 0.1) is 0 Å². The SMILES string of the molecule is Cc1cnc(CNCC2(CO)CCCCC2)s1. The number of rotatable bonds is 5. The third-order valence-corrected chi connectivity index (χ3v) is 4.61. The number of aliphatic hydroxyl groups is 1. The molecular formula is C13H22N2OS. The molecule has 1 aromatic heterocycles. The molecule has 96 valence electrons. The smallest absolute Gasteiger partial charge is 0.107 e. The van der Waals surface area contributed by atoms with E-state index in [1.54, 1.807) is 11.3 Å². The van der Waals surface area contributed by atoms with Gasteiger partial charge < -0.3 is 10.4 Å². The molecule has 1 aliphatic rings. The minimum Gasteiger partial charge on any atom is -0.396 e. The molecule has 0 saturated heterocycles. The Labute approximate surface area is 107 Å². The summed E-state index contributed by atoms with van der Waals surface area (Å²) in [6.45, 7) is 4.15. The standard InChI is InChI=1S/C13H22N2OS/c1-11-7-15-12(17-11)8-14-9-13(10-16)5-3-2-4-6-13/h7,14,16H,2-6,8-10H2,1H3. The second-order valence-electron chi connectivity index (χ2n) is 5.19. The molecule has 0 spiro atoms. The van der Waals surface area contributed by atoms with E-state index in [4.69, 9.17) is 0 Å². The zero-order chi connectivity index (χ0) is 12.1. The highest BCUT2D eigenvalue weighted by atomic mass is 32.1. The maximum absolute atomic E-state index is 9.59. The van der Waals surface area contributed by atoms with Crippen LogP contribution in [0.15, 0.2) is 6.20 Å². The number of aromatic nitrogens is 1. The van der Waals surface area contributed by atoms with Crippen molar-refractivity contribution in [2.75, 3.05) is 13.2 Å². The van der Waals surface area contributed by atoms with E-state index in [9.17, 15) is 5.11 Å². The summed E-state index contributed by atoms with van der Waals surface area (Å²) in [7, 11) is 0. The zero-order valence-corrected chi connectivity index (χ0v) is 11.4. The lowest BCUT2D eigenvalue weighted by atomic mass is 9.74. The molecule has 0 amide bonds. The van der Waals surface area contributed by atoms with E-state index in [0.717, 1.165) is 30.9 Å². The van der Waals surface area contributed by atoms with Crippen LogP contribution >= 0.6 is 11.3 Å². The summed E-state index contributed by atoms with van der Waals surface area (Å²) >= 11 is 1.74. The zero-order valence-electron chi connectivity index (χ0n) is 10.5. The van der Waals surface area contributed by atoms with Crippen LogP contribution in [0.4, 0.5) is 0 Å². The van der Waals surface area contributed by atoms with E-state index >= 15 is 0 Å². The van der Waals surface area contributed by atoms with Gasteiger partial charge in [-0.15, -0.1) is 11.3 Å². The molecular weight excluding hydrogens is 232 g/mol. The lowest BCUT2D eigenvalue weighted by Gasteiger charge is -2.35. The predicted molar refractivity (Wildman–Crippen MR) is 71.2 cm³/mol. The van der Waals surface area contributed by atoms with E-state index in [2.05, 4.69) is 17.2 Å². The maximum Gasteiger partial charge on any atom is 0.107 e. The number of nitrogens with zero attached hydrogens (tertiary/aromatic N) is 1. The fraction of sp³-hybridized carbons (Fsp3) is 0.769. The average molecular weight is 254 g/mol. The van der Waals surface area contributed by atoms with Crippen LogP contribution in [0, 0.1) is 12.3 Å². The lowest BCUT2D eigenvalue weighted by Crippen LogP contribution is -2.38. The molecule has 0 aliphatic heterocycles. The van der Waals surface area contributed by atoms with Gasteiger partial charge in [-0.2, -0.15) is 0 Å². The molecule has 2 N–H and O–H groups in total. The van der Waals surface area contributed by atoms with Gasteiger partial charge in [0.1, 0.15) is 5.01 Å². The molecule has 0 aromatic carbocycles. The monoisotopic (exact) mass is 254 g/mol. The second kappa shape index (κ2) is 5.94. The van der Waals surface area contributed by atoms with Crippen LogP contribution in [-0.4, -0.2) is 23.2 Å². The molecule has 0 bridgehead atoms. The summed E-state index contributed by atoms with van der Waals surface area (Å²) in [5, 5.41) is 14.2. The molecule has 0 atom stereocenters. The number of nitrogens with one attached hydrogen (secondary N) is 1. The summed E-state index contributed by atoms with van der Waals surface area (Å²) in [5.74, 6) is 0. The van der Waals surface area contributed by atoms with Gasteiger partial charge in [0.25, 0.3) is 0 Å². The van der Waals surface area contributed by atoms with Crippen molar-refractivity contribution < 1.29 is 5.11 Å². The van der Waals surface area contributed by atoms with E-state index in [1.165, 1.54) is 24.1 Å². The normalized spacial score (nSPS) is 19.4. The van der Waals surface area contributed by atoms with Crippen molar-refractivity contribution in [2.45, 2.75) is 45.6 Å². The Morgan fingerprint density at radius 1 is 1.41 bits per heavy atom. The Morgan fingerprint density at radius 2 is 2.18 bits per heavy atom. The van der Waals surface area contributed by atoms with Crippen molar-refractivity contribution >= 4 is 11.3 Å². The lowest BCUT2D eigenvalue weighted by molar-refractivity contribution is 0.0810. The van der Waals surface area contributed by atoms with Crippen molar-refractivity contribution in [1.29, 1.82) is 0 Å². The fourth-order valence-corrected chi connectivity index (χ4v) is 3.37. The first-order valence-corrected chi connectivity index (χ1v) is 7.29. The first-order valence-electron chi connectivity index (χ1n) is 6.47. The third kappa shape index (κ3) is 3.50. The Morgan fingerprint density at radius 3 is 2.76 bits per heavy atom. The Kier molecular flexibility index (Phi) is 4.54. The van der Waals surface area contributed by atoms with Gasteiger partial charge in [-0.3, -0.25) is 0 Å². The van der Waals surface area contributed by atoms with Gasteiger partial charge in [0.15, 0.2) is 0 Å². The van der Waals surface area contributed by atoms with E-state index in [0.29, 0.717) is 6.61 Å². The van der Waals surface area contributed by atoms with Crippen LogP contribution in [0.3, 0.4) is 0 Å². The molecule has 1 aromatic rings. The van der Waals surface area contributed by atoms with Crippen molar-refractivity contribution in [3.8, 4) is 0 Å². The molecule has 3 nitrogen and oxygen atoms in total. The number of aryl methyl sites for hydroxylation is 1. The Bertz CT molecular complexity index is 345. The summed E-state index contributed by atoms with van der Waals surface area (Å²) in [5.41, 5.74) is 0.130. The highest BCUT2D eigenvalue weighted by molar-refractivity contribution is 7.11. The number of hydrogen-bond donors (Lipinski definition) is 2. The summed E-state index contributed by atoms with van der Waals surface area (Å²) in [6.07, 6.45) is 8.09. The summed E-state index contributed by atoms with van der Waals surface area (Å²) in [6, 6.07) is 0. The summed E-state index contributed by atoms with van der Waals surface area (Å²) in [4.78, 5) is 5.60. The largest absolute Gasteiger partial charge is 0.396 e. The highest BCUT2D eigenvalue weighted by Gasteiger charge is 2.30. The molecule has 0 radical (unpaired) electrons. The van der Waals surface area contributed by atoms with Crippen LogP contribution in [0.5, 0.6) is 0 Å². The van der Waals surface area contributed by atoms with E-state index in [1.807, 2.05) is 6.20 Å². The number of thiazole rings is 1. The van der Waals surface area contributed by atoms with Crippen LogP contribution < -0.4 is 5.32 Å². The first-order chi connectivity index (χ1) is 8.24. The van der Waals surface area contributed by atoms with Gasteiger partial charge in [0, 0.05) is 36.2 Å². The van der Waals surface area contributed by atoms with Crippen LogP contribution in [0.1, 0.15) is 42.0 Å². The molecule has 0 unspecified atom stereocenters. The first kappa shape index (κ1) is 13.0.